The minimum Gasteiger partial charge on any atom is -0.350 e. The van der Waals surface area contributed by atoms with Crippen molar-refractivity contribution >= 4 is 5.91 Å². The van der Waals surface area contributed by atoms with E-state index in [4.69, 9.17) is 4.52 Å². The highest BCUT2D eigenvalue weighted by atomic mass is 16.5. The van der Waals surface area contributed by atoms with Crippen LogP contribution in [-0.4, -0.2) is 46.1 Å². The highest BCUT2D eigenvalue weighted by molar-refractivity contribution is 5.94. The number of amides is 1. The van der Waals surface area contributed by atoms with Crippen LogP contribution in [-0.2, 0) is 0 Å². The van der Waals surface area contributed by atoms with E-state index >= 15 is 0 Å². The monoisotopic (exact) mass is 342 g/mol. The summed E-state index contributed by atoms with van der Waals surface area (Å²) in [7, 11) is 0. The number of likely N-dealkylation sites (tertiary alicyclic amines) is 1. The molecule has 1 N–H and O–H groups in total. The number of hydrogen-bond donors (Lipinski definition) is 1. The Hall–Kier alpha value is -2.21. The fourth-order valence-corrected chi connectivity index (χ4v) is 3.19. The van der Waals surface area contributed by atoms with Gasteiger partial charge in [-0.1, -0.05) is 11.6 Å². The maximum Gasteiger partial charge on any atom is 0.257 e. The quantitative estimate of drug-likeness (QED) is 0.904. The zero-order chi connectivity index (χ0) is 17.9. The zero-order valence-corrected chi connectivity index (χ0v) is 15.2. The molecule has 6 nitrogen and oxygen atoms in total. The normalized spacial score (nSPS) is 16.0. The topological polar surface area (TPSA) is 71.3 Å². The molecular formula is C19H26N4O2. The van der Waals surface area contributed by atoms with Crippen LogP contribution in [0.25, 0.3) is 11.5 Å². The lowest BCUT2D eigenvalue weighted by molar-refractivity contribution is 0.0797. The largest absolute Gasteiger partial charge is 0.350 e. The molecule has 0 aliphatic carbocycles. The standard InChI is InChI=1S/C19H26N4O2/c1-14-21-18(25-22-14)16-9-7-15(8-10-16)17(24)20-13-19(2,3)23-11-5-4-6-12-23/h7-10H,4-6,11-13H2,1-3H3,(H,20,24). The first-order valence-corrected chi connectivity index (χ1v) is 8.90. The number of aromatic nitrogens is 2. The fraction of sp³-hybridized carbons (Fsp3) is 0.526. The molecule has 2 heterocycles. The van der Waals surface area contributed by atoms with Crippen molar-refractivity contribution in [3.05, 3.63) is 35.7 Å². The molecule has 3 rings (SSSR count). The number of carbonyl (C=O) groups excluding carboxylic acids is 1. The van der Waals surface area contributed by atoms with E-state index < -0.39 is 0 Å². The minimum absolute atomic E-state index is 0.0305. The average molecular weight is 342 g/mol. The van der Waals surface area contributed by atoms with E-state index in [1.165, 1.54) is 19.3 Å². The molecule has 0 unspecified atom stereocenters. The molecule has 1 aromatic heterocycles. The number of rotatable bonds is 5. The Bertz CT molecular complexity index is 715. The number of benzene rings is 1. The molecule has 1 saturated heterocycles. The number of piperidine rings is 1. The molecule has 0 bridgehead atoms. The van der Waals surface area contributed by atoms with Gasteiger partial charge in [0, 0.05) is 23.2 Å². The second-order valence-corrected chi connectivity index (χ2v) is 7.27. The first-order valence-electron chi connectivity index (χ1n) is 8.90. The molecule has 25 heavy (non-hydrogen) atoms. The van der Waals surface area contributed by atoms with Crippen LogP contribution < -0.4 is 5.32 Å². The molecule has 0 radical (unpaired) electrons. The Kier molecular flexibility index (Phi) is 5.18. The van der Waals surface area contributed by atoms with E-state index in [1.54, 1.807) is 19.1 Å². The Labute approximate surface area is 148 Å². The highest BCUT2D eigenvalue weighted by Crippen LogP contribution is 2.20. The van der Waals surface area contributed by atoms with Gasteiger partial charge in [-0.15, -0.1) is 0 Å². The maximum absolute atomic E-state index is 12.4. The molecule has 1 aliphatic rings. The third-order valence-corrected chi connectivity index (χ3v) is 4.82. The Morgan fingerprint density at radius 1 is 1.20 bits per heavy atom. The summed E-state index contributed by atoms with van der Waals surface area (Å²) in [6, 6.07) is 7.24. The summed E-state index contributed by atoms with van der Waals surface area (Å²) in [5, 5.41) is 6.85. The summed E-state index contributed by atoms with van der Waals surface area (Å²) in [4.78, 5) is 19.1. The summed E-state index contributed by atoms with van der Waals surface area (Å²) in [5.74, 6) is 1.01. The molecule has 1 aromatic carbocycles. The van der Waals surface area contributed by atoms with Gasteiger partial charge in [-0.25, -0.2) is 0 Å². The molecule has 6 heteroatoms. The molecule has 1 amide bonds. The first-order chi connectivity index (χ1) is 12.0. The minimum atomic E-state index is -0.0571. The van der Waals surface area contributed by atoms with E-state index in [0.717, 1.165) is 18.7 Å². The van der Waals surface area contributed by atoms with E-state index in [2.05, 4.69) is 34.2 Å². The van der Waals surface area contributed by atoms with Gasteiger partial charge in [-0.3, -0.25) is 9.69 Å². The number of nitrogens with zero attached hydrogens (tertiary/aromatic N) is 3. The van der Waals surface area contributed by atoms with Gasteiger partial charge in [0.2, 0.25) is 0 Å². The molecule has 1 fully saturated rings. The Morgan fingerprint density at radius 3 is 2.48 bits per heavy atom. The molecule has 1 aliphatic heterocycles. The summed E-state index contributed by atoms with van der Waals surface area (Å²) >= 11 is 0. The van der Waals surface area contributed by atoms with Crippen LogP contribution in [0.1, 0.15) is 49.3 Å². The third-order valence-electron chi connectivity index (χ3n) is 4.82. The second-order valence-electron chi connectivity index (χ2n) is 7.27. The van der Waals surface area contributed by atoms with Crippen molar-refractivity contribution in [2.45, 2.75) is 45.6 Å². The number of nitrogens with one attached hydrogen (secondary N) is 1. The maximum atomic E-state index is 12.4. The van der Waals surface area contributed by atoms with Gasteiger partial charge in [-0.05, 0) is 71.0 Å². The lowest BCUT2D eigenvalue weighted by Gasteiger charge is -2.41. The van der Waals surface area contributed by atoms with E-state index in [-0.39, 0.29) is 11.4 Å². The van der Waals surface area contributed by atoms with Gasteiger partial charge in [0.15, 0.2) is 5.82 Å². The van der Waals surface area contributed by atoms with Crippen LogP contribution >= 0.6 is 0 Å². The van der Waals surface area contributed by atoms with Crippen LogP contribution in [0.3, 0.4) is 0 Å². The van der Waals surface area contributed by atoms with Crippen LogP contribution in [0, 0.1) is 6.92 Å². The van der Waals surface area contributed by atoms with Gasteiger partial charge >= 0.3 is 0 Å². The SMILES string of the molecule is Cc1noc(-c2ccc(C(=O)NCC(C)(C)N3CCCCC3)cc2)n1. The summed E-state index contributed by atoms with van der Waals surface area (Å²) < 4.78 is 5.14. The lowest BCUT2D eigenvalue weighted by Crippen LogP contribution is -2.53. The van der Waals surface area contributed by atoms with Crippen LogP contribution in [0.15, 0.2) is 28.8 Å². The Balaban J connectivity index is 1.59. The van der Waals surface area contributed by atoms with Crippen molar-refractivity contribution in [1.29, 1.82) is 0 Å². The molecular weight excluding hydrogens is 316 g/mol. The van der Waals surface area contributed by atoms with Crippen molar-refractivity contribution in [3.63, 3.8) is 0 Å². The first kappa shape index (κ1) is 17.6. The second kappa shape index (κ2) is 7.35. The highest BCUT2D eigenvalue weighted by Gasteiger charge is 2.28. The number of aryl methyl sites for hydroxylation is 1. The van der Waals surface area contributed by atoms with E-state index in [0.29, 0.717) is 23.8 Å². The Morgan fingerprint density at radius 2 is 1.88 bits per heavy atom. The summed E-state index contributed by atoms with van der Waals surface area (Å²) in [6.07, 6.45) is 3.80. The van der Waals surface area contributed by atoms with Crippen molar-refractivity contribution in [2.75, 3.05) is 19.6 Å². The van der Waals surface area contributed by atoms with Crippen molar-refractivity contribution in [2.24, 2.45) is 0 Å². The molecule has 134 valence electrons. The molecule has 0 spiro atoms. The van der Waals surface area contributed by atoms with Crippen LogP contribution in [0.2, 0.25) is 0 Å². The lowest BCUT2D eigenvalue weighted by atomic mass is 9.98. The molecule has 2 aromatic rings. The number of hydrogen-bond acceptors (Lipinski definition) is 5. The van der Waals surface area contributed by atoms with Crippen molar-refractivity contribution < 1.29 is 9.32 Å². The zero-order valence-electron chi connectivity index (χ0n) is 15.2. The predicted molar refractivity (Wildman–Crippen MR) is 96.3 cm³/mol. The molecule has 0 atom stereocenters. The number of carbonyl (C=O) groups is 1. The van der Waals surface area contributed by atoms with Crippen molar-refractivity contribution in [3.8, 4) is 11.5 Å². The van der Waals surface area contributed by atoms with Gasteiger partial charge in [0.25, 0.3) is 11.8 Å². The third kappa shape index (κ3) is 4.25. The van der Waals surface area contributed by atoms with Gasteiger partial charge < -0.3 is 9.84 Å². The van der Waals surface area contributed by atoms with E-state index in [9.17, 15) is 4.79 Å². The average Bonchev–Trinajstić information content (AvgIpc) is 3.07. The van der Waals surface area contributed by atoms with Gasteiger partial charge in [0.05, 0.1) is 0 Å². The molecule has 0 saturated carbocycles. The van der Waals surface area contributed by atoms with E-state index in [1.807, 2.05) is 12.1 Å². The fourth-order valence-electron chi connectivity index (χ4n) is 3.19. The van der Waals surface area contributed by atoms with Gasteiger partial charge in [-0.2, -0.15) is 4.98 Å². The predicted octanol–water partition coefficient (Wildman–Crippen LogP) is 3.04. The van der Waals surface area contributed by atoms with Crippen LogP contribution in [0.5, 0.6) is 0 Å². The van der Waals surface area contributed by atoms with Crippen LogP contribution in [0.4, 0.5) is 0 Å². The summed E-state index contributed by atoms with van der Waals surface area (Å²) in [6.45, 7) is 9.02. The summed E-state index contributed by atoms with van der Waals surface area (Å²) in [5.41, 5.74) is 1.41. The van der Waals surface area contributed by atoms with Crippen molar-refractivity contribution in [1.82, 2.24) is 20.4 Å². The smallest absolute Gasteiger partial charge is 0.257 e. The van der Waals surface area contributed by atoms with Gasteiger partial charge in [0.1, 0.15) is 0 Å².